The smallest absolute Gasteiger partial charge is 0.254 e. The van der Waals surface area contributed by atoms with Gasteiger partial charge in [0.25, 0.3) is 5.91 Å². The summed E-state index contributed by atoms with van der Waals surface area (Å²) >= 11 is 0. The summed E-state index contributed by atoms with van der Waals surface area (Å²) in [6.45, 7) is 0.405. The molecule has 5 nitrogen and oxygen atoms in total. The number of carbonyl (C=O) groups excluding carboxylic acids is 1. The van der Waals surface area contributed by atoms with Gasteiger partial charge in [-0.05, 0) is 49.6 Å². The van der Waals surface area contributed by atoms with E-state index in [4.69, 9.17) is 9.47 Å². The summed E-state index contributed by atoms with van der Waals surface area (Å²) in [7, 11) is 3.18. The monoisotopic (exact) mass is 413 g/mol. The zero-order chi connectivity index (χ0) is 21.3. The van der Waals surface area contributed by atoms with Crippen molar-refractivity contribution in [3.05, 3.63) is 59.4 Å². The second-order valence-electron chi connectivity index (χ2n) is 8.27. The Labute approximate surface area is 176 Å². The maximum Gasteiger partial charge on any atom is 0.254 e. The number of amides is 1. The zero-order valence-electron chi connectivity index (χ0n) is 17.4. The molecular formula is C24H28FNO4. The van der Waals surface area contributed by atoms with Crippen LogP contribution in [0.4, 0.5) is 4.39 Å². The topological polar surface area (TPSA) is 59.0 Å². The molecule has 0 radical (unpaired) electrons. The molecule has 1 saturated heterocycles. The summed E-state index contributed by atoms with van der Waals surface area (Å²) in [5.74, 6) is 0.495. The van der Waals surface area contributed by atoms with Crippen molar-refractivity contribution >= 4 is 5.91 Å². The van der Waals surface area contributed by atoms with Gasteiger partial charge in [0.1, 0.15) is 17.3 Å². The maximum absolute atomic E-state index is 13.8. The second kappa shape index (κ2) is 8.26. The number of aliphatic hydroxyl groups is 1. The quantitative estimate of drug-likeness (QED) is 0.810. The van der Waals surface area contributed by atoms with E-state index in [1.54, 1.807) is 37.3 Å². The number of nitrogens with zero attached hydrogens (tertiary/aromatic N) is 1. The predicted molar refractivity (Wildman–Crippen MR) is 111 cm³/mol. The number of hydrogen-bond acceptors (Lipinski definition) is 4. The Bertz CT molecular complexity index is 933. The van der Waals surface area contributed by atoms with Crippen LogP contribution < -0.4 is 9.47 Å². The molecule has 2 aromatic rings. The lowest BCUT2D eigenvalue weighted by atomic mass is 9.66. The van der Waals surface area contributed by atoms with Crippen molar-refractivity contribution in [3.63, 3.8) is 0 Å². The van der Waals surface area contributed by atoms with Crippen molar-refractivity contribution in [2.75, 3.05) is 20.8 Å². The molecule has 4 rings (SSSR count). The molecule has 6 heteroatoms. The Hall–Kier alpha value is -2.60. The van der Waals surface area contributed by atoms with E-state index in [0.717, 1.165) is 31.2 Å². The molecule has 1 aliphatic heterocycles. The number of rotatable bonds is 4. The number of likely N-dealkylation sites (tertiary alicyclic amines) is 1. The van der Waals surface area contributed by atoms with Crippen molar-refractivity contribution in [1.82, 2.24) is 4.90 Å². The largest absolute Gasteiger partial charge is 0.497 e. The first-order valence-electron chi connectivity index (χ1n) is 10.5. The summed E-state index contributed by atoms with van der Waals surface area (Å²) in [5, 5.41) is 11.4. The van der Waals surface area contributed by atoms with E-state index in [1.165, 1.54) is 12.1 Å². The Balaban J connectivity index is 1.80. The molecule has 1 heterocycles. The van der Waals surface area contributed by atoms with Crippen LogP contribution in [0.5, 0.6) is 11.5 Å². The second-order valence-corrected chi connectivity index (χ2v) is 8.27. The molecule has 30 heavy (non-hydrogen) atoms. The molecule has 1 amide bonds. The minimum absolute atomic E-state index is 0.111. The fourth-order valence-corrected chi connectivity index (χ4v) is 5.14. The first-order valence-corrected chi connectivity index (χ1v) is 10.5. The highest BCUT2D eigenvalue weighted by Crippen LogP contribution is 2.51. The third-order valence-corrected chi connectivity index (χ3v) is 6.66. The first-order chi connectivity index (χ1) is 14.5. The number of benzene rings is 2. The van der Waals surface area contributed by atoms with E-state index in [9.17, 15) is 14.3 Å². The number of fused-ring (bicyclic) bond motifs is 1. The van der Waals surface area contributed by atoms with Gasteiger partial charge in [-0.15, -0.1) is 0 Å². The van der Waals surface area contributed by atoms with Gasteiger partial charge in [-0.25, -0.2) is 4.39 Å². The van der Waals surface area contributed by atoms with Crippen molar-refractivity contribution in [2.45, 2.75) is 43.7 Å². The standard InChI is InChI=1S/C24H28FNO4/c1-29-18-9-10-19(21(15-18)30-2)22-20-8-3-4-11-24(20,28)12-13-26(22)23(27)16-6-5-7-17(25)14-16/h5-7,9-10,14-15,20,22,28H,3-4,8,11-13H2,1-2H3. The third-order valence-electron chi connectivity index (χ3n) is 6.66. The van der Waals surface area contributed by atoms with Crippen molar-refractivity contribution < 1.29 is 23.8 Å². The lowest BCUT2D eigenvalue weighted by molar-refractivity contribution is -0.115. The van der Waals surface area contributed by atoms with Gasteiger partial charge in [0.15, 0.2) is 0 Å². The van der Waals surface area contributed by atoms with Crippen LogP contribution in [0, 0.1) is 11.7 Å². The predicted octanol–water partition coefficient (Wildman–Crippen LogP) is 4.35. The van der Waals surface area contributed by atoms with Gasteiger partial charge in [-0.2, -0.15) is 0 Å². The molecule has 1 saturated carbocycles. The number of methoxy groups -OCH3 is 2. The molecule has 3 atom stereocenters. The van der Waals surface area contributed by atoms with Crippen LogP contribution in [-0.2, 0) is 0 Å². The van der Waals surface area contributed by atoms with Crippen molar-refractivity contribution in [2.24, 2.45) is 5.92 Å². The molecule has 3 unspecified atom stereocenters. The minimum Gasteiger partial charge on any atom is -0.497 e. The van der Waals surface area contributed by atoms with Crippen LogP contribution in [-0.4, -0.2) is 42.3 Å². The van der Waals surface area contributed by atoms with Crippen LogP contribution in [0.15, 0.2) is 42.5 Å². The molecule has 160 valence electrons. The summed E-state index contributed by atoms with van der Waals surface area (Å²) in [6.07, 6.45) is 4.06. The molecular weight excluding hydrogens is 385 g/mol. The van der Waals surface area contributed by atoms with Gasteiger partial charge in [-0.1, -0.05) is 18.9 Å². The molecule has 2 fully saturated rings. The van der Waals surface area contributed by atoms with Crippen molar-refractivity contribution in [1.29, 1.82) is 0 Å². The SMILES string of the molecule is COc1ccc(C2C3CCCCC3(O)CCN2C(=O)c2cccc(F)c2)c(OC)c1. The normalized spacial score (nSPS) is 26.1. The van der Waals surface area contributed by atoms with Crippen LogP contribution >= 0.6 is 0 Å². The fraction of sp³-hybridized carbons (Fsp3) is 0.458. The number of hydrogen-bond donors (Lipinski definition) is 1. The molecule has 0 spiro atoms. The average molecular weight is 413 g/mol. The van der Waals surface area contributed by atoms with Gasteiger partial charge in [0, 0.05) is 29.7 Å². The van der Waals surface area contributed by atoms with Gasteiger partial charge in [-0.3, -0.25) is 4.79 Å². The van der Waals surface area contributed by atoms with E-state index in [0.29, 0.717) is 30.0 Å². The van der Waals surface area contributed by atoms with Gasteiger partial charge in [0.05, 0.1) is 25.9 Å². The van der Waals surface area contributed by atoms with E-state index in [-0.39, 0.29) is 17.9 Å². The molecule has 2 aromatic carbocycles. The number of halogens is 1. The van der Waals surface area contributed by atoms with Crippen LogP contribution in [0.3, 0.4) is 0 Å². The molecule has 0 aromatic heterocycles. The Morgan fingerprint density at radius 3 is 2.70 bits per heavy atom. The average Bonchev–Trinajstić information content (AvgIpc) is 2.77. The zero-order valence-corrected chi connectivity index (χ0v) is 17.4. The van der Waals surface area contributed by atoms with Crippen molar-refractivity contribution in [3.8, 4) is 11.5 Å². The molecule has 1 N–H and O–H groups in total. The van der Waals surface area contributed by atoms with Crippen LogP contribution in [0.2, 0.25) is 0 Å². The lowest BCUT2D eigenvalue weighted by Gasteiger charge is -2.52. The minimum atomic E-state index is -0.813. The Morgan fingerprint density at radius 1 is 1.13 bits per heavy atom. The Morgan fingerprint density at radius 2 is 1.97 bits per heavy atom. The molecule has 2 aliphatic rings. The maximum atomic E-state index is 13.8. The molecule has 0 bridgehead atoms. The first kappa shape index (κ1) is 20.7. The van der Waals surface area contributed by atoms with E-state index < -0.39 is 11.4 Å². The Kier molecular flexibility index (Phi) is 5.69. The summed E-state index contributed by atoms with van der Waals surface area (Å²) < 4.78 is 24.8. The number of ether oxygens (including phenoxy) is 2. The molecule has 1 aliphatic carbocycles. The fourth-order valence-electron chi connectivity index (χ4n) is 5.14. The van der Waals surface area contributed by atoms with Gasteiger partial charge in [0.2, 0.25) is 0 Å². The number of carbonyl (C=O) groups is 1. The van der Waals surface area contributed by atoms with Gasteiger partial charge < -0.3 is 19.5 Å². The summed E-state index contributed by atoms with van der Waals surface area (Å²) in [4.78, 5) is 15.2. The highest BCUT2D eigenvalue weighted by Gasteiger charge is 2.51. The summed E-state index contributed by atoms with van der Waals surface area (Å²) in [5.41, 5.74) is 0.342. The highest BCUT2D eigenvalue weighted by atomic mass is 19.1. The third kappa shape index (κ3) is 3.65. The lowest BCUT2D eigenvalue weighted by Crippen LogP contribution is -2.56. The van der Waals surface area contributed by atoms with Crippen LogP contribution in [0.25, 0.3) is 0 Å². The van der Waals surface area contributed by atoms with Crippen LogP contribution in [0.1, 0.15) is 54.1 Å². The van der Waals surface area contributed by atoms with E-state index in [2.05, 4.69) is 0 Å². The van der Waals surface area contributed by atoms with E-state index >= 15 is 0 Å². The summed E-state index contributed by atoms with van der Waals surface area (Å²) in [6, 6.07) is 11.0. The van der Waals surface area contributed by atoms with Gasteiger partial charge >= 0.3 is 0 Å². The highest BCUT2D eigenvalue weighted by molar-refractivity contribution is 5.94. The number of piperidine rings is 1. The van der Waals surface area contributed by atoms with E-state index in [1.807, 2.05) is 12.1 Å².